The van der Waals surface area contributed by atoms with Crippen LogP contribution in [-0.2, 0) is 28.0 Å². The summed E-state index contributed by atoms with van der Waals surface area (Å²) in [6.45, 7) is -0.313. The van der Waals surface area contributed by atoms with Crippen LogP contribution < -0.4 is 10.6 Å². The molecule has 3 aromatic rings. The molecule has 2 N–H and O–H groups in total. The minimum atomic E-state index is -1.25. The molecular weight excluding hydrogens is 426 g/mol. The quantitative estimate of drug-likeness (QED) is 0.556. The van der Waals surface area contributed by atoms with Crippen LogP contribution in [0.25, 0.3) is 0 Å². The molecule has 0 bridgehead atoms. The number of urea groups is 1. The van der Waals surface area contributed by atoms with Crippen LogP contribution in [-0.4, -0.2) is 29.3 Å². The zero-order chi connectivity index (χ0) is 23.5. The fourth-order valence-electron chi connectivity index (χ4n) is 5.10. The SMILES string of the molecule is O=C(CN1C(=O)N[C@@](Cc2ccccc2)(c2ccccc2)C1=O)N[C@H]1CCCc2ccccc21. The molecule has 1 fully saturated rings. The Bertz CT molecular complexity index is 1210. The monoisotopic (exact) mass is 453 g/mol. The summed E-state index contributed by atoms with van der Waals surface area (Å²) in [4.78, 5) is 40.8. The van der Waals surface area contributed by atoms with Crippen molar-refractivity contribution in [2.24, 2.45) is 0 Å². The second-order valence-corrected chi connectivity index (χ2v) is 8.97. The maximum atomic E-state index is 13.7. The third kappa shape index (κ3) is 4.07. The molecule has 5 rings (SSSR count). The van der Waals surface area contributed by atoms with Crippen molar-refractivity contribution in [2.75, 3.05) is 6.54 Å². The van der Waals surface area contributed by atoms with Gasteiger partial charge in [0.25, 0.3) is 5.91 Å². The summed E-state index contributed by atoms with van der Waals surface area (Å²) >= 11 is 0. The first-order valence-corrected chi connectivity index (χ1v) is 11.7. The molecule has 0 aromatic heterocycles. The number of hydrogen-bond acceptors (Lipinski definition) is 3. The third-order valence-electron chi connectivity index (χ3n) is 6.76. The topological polar surface area (TPSA) is 78.5 Å². The molecule has 172 valence electrons. The molecule has 3 aromatic carbocycles. The Labute approximate surface area is 199 Å². The van der Waals surface area contributed by atoms with Gasteiger partial charge in [-0.2, -0.15) is 0 Å². The van der Waals surface area contributed by atoms with Gasteiger partial charge in [0.05, 0.1) is 6.04 Å². The maximum absolute atomic E-state index is 13.7. The lowest BCUT2D eigenvalue weighted by Gasteiger charge is -2.28. The summed E-state index contributed by atoms with van der Waals surface area (Å²) in [5, 5.41) is 5.96. The van der Waals surface area contributed by atoms with Crippen molar-refractivity contribution in [2.45, 2.75) is 37.3 Å². The Morgan fingerprint density at radius 3 is 2.38 bits per heavy atom. The predicted octanol–water partition coefficient (Wildman–Crippen LogP) is 3.87. The average molecular weight is 454 g/mol. The first kappa shape index (κ1) is 21.9. The van der Waals surface area contributed by atoms with E-state index in [2.05, 4.69) is 16.7 Å². The van der Waals surface area contributed by atoms with Crippen LogP contribution in [0.4, 0.5) is 4.79 Å². The van der Waals surface area contributed by atoms with Crippen molar-refractivity contribution in [3.05, 3.63) is 107 Å². The summed E-state index contributed by atoms with van der Waals surface area (Å²) in [6.07, 6.45) is 3.12. The highest BCUT2D eigenvalue weighted by atomic mass is 16.2. The minimum Gasteiger partial charge on any atom is -0.348 e. The van der Waals surface area contributed by atoms with Crippen molar-refractivity contribution in [3.63, 3.8) is 0 Å². The molecule has 34 heavy (non-hydrogen) atoms. The molecule has 6 heteroatoms. The molecule has 0 spiro atoms. The standard InChI is InChI=1S/C28H27N3O3/c32-25(29-24-17-9-13-21-12-7-8-16-23(21)24)19-31-26(33)28(30-27(31)34,22-14-5-2-6-15-22)18-20-10-3-1-4-11-20/h1-8,10-12,14-16,24H,9,13,17-19H2,(H,29,32)(H,30,34)/t24-,28-/m0/s1. The number of aryl methyl sites for hydroxylation is 1. The highest BCUT2D eigenvalue weighted by Crippen LogP contribution is 2.33. The van der Waals surface area contributed by atoms with Crippen molar-refractivity contribution in [1.82, 2.24) is 15.5 Å². The largest absolute Gasteiger partial charge is 0.348 e. The van der Waals surface area contributed by atoms with Crippen LogP contribution in [0.2, 0.25) is 0 Å². The zero-order valence-electron chi connectivity index (χ0n) is 18.9. The predicted molar refractivity (Wildman–Crippen MR) is 129 cm³/mol. The first-order chi connectivity index (χ1) is 16.6. The molecule has 1 aliphatic carbocycles. The number of carbonyl (C=O) groups is 3. The van der Waals surface area contributed by atoms with Crippen molar-refractivity contribution >= 4 is 17.8 Å². The molecule has 1 saturated heterocycles. The summed E-state index contributed by atoms with van der Waals surface area (Å²) in [6, 6.07) is 26.3. The fraction of sp³-hybridized carbons (Fsp3) is 0.250. The van der Waals surface area contributed by atoms with Gasteiger partial charge >= 0.3 is 6.03 Å². The van der Waals surface area contributed by atoms with E-state index in [4.69, 9.17) is 0 Å². The Kier molecular flexibility index (Phi) is 5.88. The van der Waals surface area contributed by atoms with E-state index in [1.807, 2.05) is 78.9 Å². The number of carbonyl (C=O) groups excluding carboxylic acids is 3. The first-order valence-electron chi connectivity index (χ1n) is 11.7. The van der Waals surface area contributed by atoms with Crippen LogP contribution in [0.1, 0.15) is 41.1 Å². The van der Waals surface area contributed by atoms with Gasteiger partial charge in [-0.1, -0.05) is 84.9 Å². The van der Waals surface area contributed by atoms with E-state index in [0.29, 0.717) is 12.0 Å². The highest BCUT2D eigenvalue weighted by Gasteiger charge is 2.52. The van der Waals surface area contributed by atoms with Crippen molar-refractivity contribution in [3.8, 4) is 0 Å². The van der Waals surface area contributed by atoms with E-state index in [9.17, 15) is 14.4 Å². The number of rotatable bonds is 6. The Hall–Kier alpha value is -3.93. The van der Waals surface area contributed by atoms with Crippen LogP contribution >= 0.6 is 0 Å². The molecule has 0 unspecified atom stereocenters. The number of amides is 4. The molecule has 2 atom stereocenters. The number of hydrogen-bond donors (Lipinski definition) is 2. The number of benzene rings is 3. The average Bonchev–Trinajstić information content (AvgIpc) is 3.10. The van der Waals surface area contributed by atoms with Gasteiger partial charge in [0.2, 0.25) is 5.91 Å². The van der Waals surface area contributed by atoms with Gasteiger partial charge in [-0.25, -0.2) is 4.79 Å². The molecule has 0 radical (unpaired) electrons. The second kappa shape index (κ2) is 9.14. The number of nitrogens with zero attached hydrogens (tertiary/aromatic N) is 1. The van der Waals surface area contributed by atoms with E-state index in [1.165, 1.54) is 5.56 Å². The van der Waals surface area contributed by atoms with E-state index in [0.717, 1.165) is 35.3 Å². The number of imide groups is 1. The molecular formula is C28H27N3O3. The lowest BCUT2D eigenvalue weighted by molar-refractivity contribution is -0.135. The molecule has 1 heterocycles. The minimum absolute atomic E-state index is 0.110. The van der Waals surface area contributed by atoms with Gasteiger partial charge in [-0.3, -0.25) is 14.5 Å². The van der Waals surface area contributed by atoms with Gasteiger partial charge in [-0.05, 0) is 41.5 Å². The Balaban J connectivity index is 1.38. The zero-order valence-corrected chi connectivity index (χ0v) is 18.9. The Morgan fingerprint density at radius 2 is 1.62 bits per heavy atom. The summed E-state index contributed by atoms with van der Waals surface area (Å²) in [5.41, 5.74) is 2.71. The van der Waals surface area contributed by atoms with Crippen molar-refractivity contribution < 1.29 is 14.4 Å². The lowest BCUT2D eigenvalue weighted by atomic mass is 9.83. The van der Waals surface area contributed by atoms with Gasteiger partial charge in [-0.15, -0.1) is 0 Å². The van der Waals surface area contributed by atoms with E-state index < -0.39 is 17.5 Å². The third-order valence-corrected chi connectivity index (χ3v) is 6.76. The summed E-state index contributed by atoms with van der Waals surface area (Å²) < 4.78 is 0. The molecule has 0 saturated carbocycles. The fourth-order valence-corrected chi connectivity index (χ4v) is 5.10. The molecule has 4 amide bonds. The smallest absolute Gasteiger partial charge is 0.325 e. The summed E-state index contributed by atoms with van der Waals surface area (Å²) in [5.74, 6) is -0.750. The maximum Gasteiger partial charge on any atom is 0.325 e. The van der Waals surface area contributed by atoms with Crippen molar-refractivity contribution in [1.29, 1.82) is 0 Å². The van der Waals surface area contributed by atoms with E-state index in [1.54, 1.807) is 0 Å². The van der Waals surface area contributed by atoms with Crippen LogP contribution in [0, 0.1) is 0 Å². The van der Waals surface area contributed by atoms with Gasteiger partial charge < -0.3 is 10.6 Å². The van der Waals surface area contributed by atoms with E-state index in [-0.39, 0.29) is 18.5 Å². The lowest BCUT2D eigenvalue weighted by Crippen LogP contribution is -2.47. The number of fused-ring (bicyclic) bond motifs is 1. The normalized spacial score (nSPS) is 21.6. The second-order valence-electron chi connectivity index (χ2n) is 8.97. The molecule has 6 nitrogen and oxygen atoms in total. The Morgan fingerprint density at radius 1 is 0.941 bits per heavy atom. The van der Waals surface area contributed by atoms with Crippen LogP contribution in [0.5, 0.6) is 0 Å². The summed E-state index contributed by atoms with van der Waals surface area (Å²) in [7, 11) is 0. The highest BCUT2D eigenvalue weighted by molar-refractivity contribution is 6.09. The van der Waals surface area contributed by atoms with E-state index >= 15 is 0 Å². The van der Waals surface area contributed by atoms with Gasteiger partial charge in [0, 0.05) is 6.42 Å². The van der Waals surface area contributed by atoms with Gasteiger partial charge in [0.15, 0.2) is 5.54 Å². The molecule has 2 aliphatic rings. The molecule has 1 aliphatic heterocycles. The van der Waals surface area contributed by atoms with Gasteiger partial charge in [0.1, 0.15) is 6.54 Å². The van der Waals surface area contributed by atoms with Crippen LogP contribution in [0.15, 0.2) is 84.9 Å². The number of nitrogens with one attached hydrogen (secondary N) is 2. The van der Waals surface area contributed by atoms with Crippen LogP contribution in [0.3, 0.4) is 0 Å².